The molecule has 0 aromatic heterocycles. The van der Waals surface area contributed by atoms with Crippen LogP contribution in [0.2, 0.25) is 0 Å². The van der Waals surface area contributed by atoms with Crippen LogP contribution < -0.4 is 9.47 Å². The highest BCUT2D eigenvalue weighted by atomic mass is 35.5. The fraction of sp³-hybridized carbons (Fsp3) is 0.571. The van der Waals surface area contributed by atoms with Gasteiger partial charge in [-0.3, -0.25) is 4.90 Å². The van der Waals surface area contributed by atoms with Gasteiger partial charge in [-0.05, 0) is 36.6 Å². The quantitative estimate of drug-likeness (QED) is 0.768. The smallest absolute Gasteiger partial charge is 0.161 e. The van der Waals surface area contributed by atoms with Crippen molar-refractivity contribution < 1.29 is 9.47 Å². The van der Waals surface area contributed by atoms with Crippen molar-refractivity contribution in [2.75, 3.05) is 33.2 Å². The molecule has 2 rings (SSSR count). The number of benzene rings is 1. The van der Waals surface area contributed by atoms with Crippen LogP contribution in [0, 0.1) is 5.92 Å². The van der Waals surface area contributed by atoms with E-state index in [-0.39, 0.29) is 0 Å². The molecule has 1 aromatic carbocycles. The summed E-state index contributed by atoms with van der Waals surface area (Å²) in [4.78, 5) is 2.44. The molecule has 0 saturated carbocycles. The SMILES string of the molecule is COc1ccc(CN2CCC(CCl)C2)cc1OC. The first-order valence-corrected chi connectivity index (χ1v) is 6.79. The van der Waals surface area contributed by atoms with Gasteiger partial charge in [0.15, 0.2) is 11.5 Å². The summed E-state index contributed by atoms with van der Waals surface area (Å²) < 4.78 is 10.6. The molecule has 0 spiro atoms. The number of nitrogens with zero attached hydrogens (tertiary/aromatic N) is 1. The molecule has 1 fully saturated rings. The second-order valence-corrected chi connectivity index (χ2v) is 5.04. The minimum absolute atomic E-state index is 0.645. The zero-order valence-corrected chi connectivity index (χ0v) is 11.7. The van der Waals surface area contributed by atoms with Gasteiger partial charge in [0.05, 0.1) is 14.2 Å². The van der Waals surface area contributed by atoms with E-state index in [1.54, 1.807) is 14.2 Å². The Morgan fingerprint density at radius 1 is 1.28 bits per heavy atom. The van der Waals surface area contributed by atoms with Gasteiger partial charge in [0.2, 0.25) is 0 Å². The molecule has 0 amide bonds. The Balaban J connectivity index is 2.01. The second-order valence-electron chi connectivity index (χ2n) is 4.73. The van der Waals surface area contributed by atoms with Gasteiger partial charge < -0.3 is 9.47 Å². The number of halogens is 1. The molecule has 0 aliphatic carbocycles. The molecule has 0 bridgehead atoms. The molecule has 3 nitrogen and oxygen atoms in total. The normalized spacial score (nSPS) is 20.1. The summed E-state index contributed by atoms with van der Waals surface area (Å²) >= 11 is 5.90. The molecule has 1 aliphatic heterocycles. The van der Waals surface area contributed by atoms with Gasteiger partial charge in [-0.2, -0.15) is 0 Å². The lowest BCUT2D eigenvalue weighted by molar-refractivity contribution is 0.318. The average molecular weight is 270 g/mol. The van der Waals surface area contributed by atoms with E-state index in [0.717, 1.165) is 37.0 Å². The number of alkyl halides is 1. The lowest BCUT2D eigenvalue weighted by Gasteiger charge is -2.16. The van der Waals surface area contributed by atoms with Crippen LogP contribution in [-0.4, -0.2) is 38.1 Å². The fourth-order valence-corrected chi connectivity index (χ4v) is 2.67. The Morgan fingerprint density at radius 2 is 2.06 bits per heavy atom. The van der Waals surface area contributed by atoms with Crippen molar-refractivity contribution in [1.82, 2.24) is 4.90 Å². The van der Waals surface area contributed by atoms with Crippen LogP contribution in [0.25, 0.3) is 0 Å². The lowest BCUT2D eigenvalue weighted by Crippen LogP contribution is -2.20. The highest BCUT2D eigenvalue weighted by Gasteiger charge is 2.21. The summed E-state index contributed by atoms with van der Waals surface area (Å²) in [6, 6.07) is 6.10. The van der Waals surface area contributed by atoms with Gasteiger partial charge in [0.1, 0.15) is 0 Å². The number of methoxy groups -OCH3 is 2. The van der Waals surface area contributed by atoms with E-state index in [4.69, 9.17) is 21.1 Å². The van der Waals surface area contributed by atoms with E-state index in [2.05, 4.69) is 11.0 Å². The summed E-state index contributed by atoms with van der Waals surface area (Å²) in [5.41, 5.74) is 1.25. The standard InChI is InChI=1S/C14H20ClNO2/c1-17-13-4-3-11(7-14(13)18-2)9-16-6-5-12(8-15)10-16/h3-4,7,12H,5-6,8-10H2,1-2H3. The number of hydrogen-bond acceptors (Lipinski definition) is 3. The molecule has 0 radical (unpaired) electrons. The highest BCUT2D eigenvalue weighted by molar-refractivity contribution is 6.18. The number of rotatable bonds is 5. The first kappa shape index (κ1) is 13.5. The lowest BCUT2D eigenvalue weighted by atomic mass is 10.1. The fourth-order valence-electron chi connectivity index (χ4n) is 2.42. The summed E-state index contributed by atoms with van der Waals surface area (Å²) in [7, 11) is 3.32. The zero-order valence-electron chi connectivity index (χ0n) is 11.0. The van der Waals surface area contributed by atoms with Crippen LogP contribution in [0.15, 0.2) is 18.2 Å². The van der Waals surface area contributed by atoms with Gasteiger partial charge >= 0.3 is 0 Å². The van der Waals surface area contributed by atoms with Crippen molar-refractivity contribution in [3.8, 4) is 11.5 Å². The molecule has 18 heavy (non-hydrogen) atoms. The third kappa shape index (κ3) is 3.09. The summed E-state index contributed by atoms with van der Waals surface area (Å²) in [5.74, 6) is 2.99. The number of ether oxygens (including phenoxy) is 2. The van der Waals surface area contributed by atoms with Gasteiger partial charge in [0, 0.05) is 19.0 Å². The van der Waals surface area contributed by atoms with Gasteiger partial charge in [-0.25, -0.2) is 0 Å². The molecule has 1 aromatic rings. The van der Waals surface area contributed by atoms with E-state index < -0.39 is 0 Å². The minimum Gasteiger partial charge on any atom is -0.493 e. The summed E-state index contributed by atoms with van der Waals surface area (Å²) in [5, 5.41) is 0. The minimum atomic E-state index is 0.645. The Bertz CT molecular complexity index is 397. The van der Waals surface area contributed by atoms with Crippen LogP contribution in [0.3, 0.4) is 0 Å². The molecule has 1 atom stereocenters. The molecule has 4 heteroatoms. The van der Waals surface area contributed by atoms with Crippen LogP contribution in [0.4, 0.5) is 0 Å². The van der Waals surface area contributed by atoms with E-state index in [9.17, 15) is 0 Å². The highest BCUT2D eigenvalue weighted by Crippen LogP contribution is 2.29. The van der Waals surface area contributed by atoms with Crippen LogP contribution in [-0.2, 0) is 6.54 Å². The summed E-state index contributed by atoms with van der Waals surface area (Å²) in [6.07, 6.45) is 1.21. The maximum atomic E-state index is 5.90. The van der Waals surface area contributed by atoms with Crippen molar-refractivity contribution in [2.45, 2.75) is 13.0 Å². The topological polar surface area (TPSA) is 21.7 Å². The average Bonchev–Trinajstić information content (AvgIpc) is 2.86. The molecule has 1 unspecified atom stereocenters. The molecular formula is C14H20ClNO2. The summed E-state index contributed by atoms with van der Waals surface area (Å²) in [6.45, 7) is 3.18. The third-order valence-corrected chi connectivity index (χ3v) is 3.88. The van der Waals surface area contributed by atoms with Crippen molar-refractivity contribution >= 4 is 11.6 Å². The Hall–Kier alpha value is -0.930. The Morgan fingerprint density at radius 3 is 2.67 bits per heavy atom. The Kier molecular flexibility index (Phi) is 4.72. The van der Waals surface area contributed by atoms with Gasteiger partial charge in [0.25, 0.3) is 0 Å². The number of hydrogen-bond donors (Lipinski definition) is 0. The van der Waals surface area contributed by atoms with Crippen molar-refractivity contribution in [2.24, 2.45) is 5.92 Å². The monoisotopic (exact) mass is 269 g/mol. The molecule has 1 heterocycles. The van der Waals surface area contributed by atoms with E-state index in [1.165, 1.54) is 12.0 Å². The molecule has 1 saturated heterocycles. The zero-order chi connectivity index (χ0) is 13.0. The molecule has 1 aliphatic rings. The second kappa shape index (κ2) is 6.30. The maximum absolute atomic E-state index is 5.90. The molecule has 100 valence electrons. The van der Waals surface area contributed by atoms with Gasteiger partial charge in [-0.1, -0.05) is 6.07 Å². The van der Waals surface area contributed by atoms with Crippen molar-refractivity contribution in [3.05, 3.63) is 23.8 Å². The largest absolute Gasteiger partial charge is 0.493 e. The number of likely N-dealkylation sites (tertiary alicyclic amines) is 1. The van der Waals surface area contributed by atoms with Crippen LogP contribution >= 0.6 is 11.6 Å². The molecular weight excluding hydrogens is 250 g/mol. The predicted octanol–water partition coefficient (Wildman–Crippen LogP) is 2.76. The third-order valence-electron chi connectivity index (χ3n) is 3.44. The van der Waals surface area contributed by atoms with Crippen LogP contribution in [0.1, 0.15) is 12.0 Å². The predicted molar refractivity (Wildman–Crippen MR) is 73.7 cm³/mol. The van der Waals surface area contributed by atoms with Crippen LogP contribution in [0.5, 0.6) is 11.5 Å². The maximum Gasteiger partial charge on any atom is 0.161 e. The van der Waals surface area contributed by atoms with E-state index in [0.29, 0.717) is 5.92 Å². The Labute approximate surface area is 114 Å². The van der Waals surface area contributed by atoms with Crippen molar-refractivity contribution in [1.29, 1.82) is 0 Å². The van der Waals surface area contributed by atoms with Crippen molar-refractivity contribution in [3.63, 3.8) is 0 Å². The van der Waals surface area contributed by atoms with E-state index >= 15 is 0 Å². The first-order chi connectivity index (χ1) is 8.76. The van der Waals surface area contributed by atoms with Gasteiger partial charge in [-0.15, -0.1) is 11.6 Å². The van der Waals surface area contributed by atoms with E-state index in [1.807, 2.05) is 12.1 Å². The molecule has 0 N–H and O–H groups in total. The first-order valence-electron chi connectivity index (χ1n) is 6.26.